The summed E-state index contributed by atoms with van der Waals surface area (Å²) in [6.07, 6.45) is 3.71. The molecule has 1 aliphatic heterocycles. The number of thiocarbonyl (C=S) groups is 1. The first-order valence-corrected chi connectivity index (χ1v) is 14.2. The fraction of sp³-hybridized carbons (Fsp3) is 0.0645. The highest BCUT2D eigenvalue weighted by molar-refractivity contribution is 7.99. The molecule has 0 bridgehead atoms. The molecule has 3 heterocycles. The topological polar surface area (TPSA) is 114 Å². The first-order chi connectivity index (χ1) is 20.4. The van der Waals surface area contributed by atoms with Gasteiger partial charge in [0, 0.05) is 51.4 Å². The summed E-state index contributed by atoms with van der Waals surface area (Å²) in [5, 5.41) is 24.4. The summed E-state index contributed by atoms with van der Waals surface area (Å²) in [6.45, 7) is 0. The van der Waals surface area contributed by atoms with Crippen molar-refractivity contribution in [2.24, 2.45) is 0 Å². The number of hydrogen-bond acceptors (Lipinski definition) is 6. The number of benzene rings is 3. The van der Waals surface area contributed by atoms with Crippen LogP contribution in [0.4, 0.5) is 11.4 Å². The number of carboxylic acid groups (broad SMARTS) is 1. The molecule has 1 aliphatic rings. The summed E-state index contributed by atoms with van der Waals surface area (Å²) in [5.74, 6) is -0.976. The van der Waals surface area contributed by atoms with E-state index in [1.54, 1.807) is 42.6 Å². The maximum absolute atomic E-state index is 11.4. The van der Waals surface area contributed by atoms with Gasteiger partial charge in [0.05, 0.1) is 22.2 Å². The van der Waals surface area contributed by atoms with Crippen molar-refractivity contribution in [3.8, 4) is 5.69 Å². The maximum Gasteiger partial charge on any atom is 0.335 e. The van der Waals surface area contributed by atoms with Gasteiger partial charge in [-0.25, -0.2) is 4.79 Å². The fourth-order valence-electron chi connectivity index (χ4n) is 5.02. The van der Waals surface area contributed by atoms with Crippen molar-refractivity contribution in [2.45, 2.75) is 21.9 Å². The van der Waals surface area contributed by atoms with Gasteiger partial charge in [-0.15, -0.1) is 0 Å². The minimum atomic E-state index is -0.976. The summed E-state index contributed by atoms with van der Waals surface area (Å²) < 4.78 is 2.04. The van der Waals surface area contributed by atoms with Crippen molar-refractivity contribution in [3.05, 3.63) is 143 Å². The van der Waals surface area contributed by atoms with E-state index in [9.17, 15) is 20.0 Å². The Bertz CT molecular complexity index is 1760. The number of rotatable bonds is 8. The number of nitro groups is 1. The first-order valence-electron chi connectivity index (χ1n) is 12.9. The number of carbonyl (C=O) groups is 1. The third kappa shape index (κ3) is 5.35. The van der Waals surface area contributed by atoms with Gasteiger partial charge in [-0.1, -0.05) is 17.8 Å². The Hall–Kier alpha value is -5.00. The molecule has 6 rings (SSSR count). The van der Waals surface area contributed by atoms with E-state index in [4.69, 9.17) is 12.2 Å². The molecular formula is C31H23N5O4S2. The number of aromatic carboxylic acids is 1. The Morgan fingerprint density at radius 3 is 2.19 bits per heavy atom. The lowest BCUT2D eigenvalue weighted by atomic mass is 10.0. The highest BCUT2D eigenvalue weighted by atomic mass is 32.2. The number of nitro benzene ring substituents is 1. The Morgan fingerprint density at radius 2 is 1.57 bits per heavy atom. The van der Waals surface area contributed by atoms with E-state index in [-0.39, 0.29) is 23.3 Å². The van der Waals surface area contributed by atoms with Crippen LogP contribution in [0.3, 0.4) is 0 Å². The van der Waals surface area contributed by atoms with Crippen LogP contribution in [-0.2, 0) is 0 Å². The highest BCUT2D eigenvalue weighted by Gasteiger charge is 2.42. The Labute approximate surface area is 250 Å². The molecule has 11 heteroatoms. The maximum atomic E-state index is 11.4. The number of anilines is 1. The fourth-order valence-corrected chi connectivity index (χ4v) is 6.18. The van der Waals surface area contributed by atoms with Crippen LogP contribution < -0.4 is 10.2 Å². The van der Waals surface area contributed by atoms with Crippen LogP contribution in [0.1, 0.15) is 33.8 Å². The molecule has 2 aromatic heterocycles. The van der Waals surface area contributed by atoms with E-state index in [1.807, 2.05) is 65.4 Å². The van der Waals surface area contributed by atoms with Gasteiger partial charge >= 0.3 is 5.97 Å². The van der Waals surface area contributed by atoms with Gasteiger partial charge in [0.2, 0.25) is 0 Å². The van der Waals surface area contributed by atoms with Crippen molar-refractivity contribution < 1.29 is 14.8 Å². The molecule has 42 heavy (non-hydrogen) atoms. The lowest BCUT2D eigenvalue weighted by molar-refractivity contribution is -0.384. The third-order valence-electron chi connectivity index (χ3n) is 6.97. The molecule has 0 spiro atoms. The van der Waals surface area contributed by atoms with Crippen LogP contribution in [0.2, 0.25) is 0 Å². The smallest absolute Gasteiger partial charge is 0.335 e. The molecule has 0 unspecified atom stereocenters. The number of carboxylic acids is 1. The highest BCUT2D eigenvalue weighted by Crippen LogP contribution is 2.43. The molecule has 2 N–H and O–H groups in total. The van der Waals surface area contributed by atoms with Gasteiger partial charge in [0.25, 0.3) is 5.69 Å². The molecule has 1 fully saturated rings. The van der Waals surface area contributed by atoms with Crippen molar-refractivity contribution in [1.82, 2.24) is 14.9 Å². The minimum Gasteiger partial charge on any atom is -0.478 e. The molecule has 0 aliphatic carbocycles. The number of aromatic nitrogens is 2. The van der Waals surface area contributed by atoms with Gasteiger partial charge < -0.3 is 19.9 Å². The van der Waals surface area contributed by atoms with E-state index in [2.05, 4.69) is 15.2 Å². The zero-order valence-corrected chi connectivity index (χ0v) is 23.5. The average molecular weight is 594 g/mol. The number of hydrogen-bond donors (Lipinski definition) is 2. The van der Waals surface area contributed by atoms with Crippen LogP contribution in [0.15, 0.2) is 125 Å². The SMILES string of the molecule is O=C(O)c1ccc(-n2cccc2[C@H]2[C@H](c3ccccn3)NC(=S)N2c2ccc(Sc3ccc([N+](=O)[O-])cc3)cc2)cc1. The lowest BCUT2D eigenvalue weighted by Crippen LogP contribution is -2.30. The van der Waals surface area contributed by atoms with E-state index in [0.717, 1.165) is 32.6 Å². The van der Waals surface area contributed by atoms with Crippen molar-refractivity contribution in [1.29, 1.82) is 0 Å². The summed E-state index contributed by atoms with van der Waals surface area (Å²) in [6, 6.07) is 30.5. The largest absolute Gasteiger partial charge is 0.478 e. The average Bonchev–Trinajstić information content (AvgIpc) is 3.63. The molecule has 9 nitrogen and oxygen atoms in total. The Kier molecular flexibility index (Phi) is 7.43. The van der Waals surface area contributed by atoms with Crippen LogP contribution in [0.5, 0.6) is 0 Å². The van der Waals surface area contributed by atoms with E-state index < -0.39 is 10.9 Å². The summed E-state index contributed by atoms with van der Waals surface area (Å²) in [5.41, 5.74) is 3.78. The van der Waals surface area contributed by atoms with E-state index in [1.165, 1.54) is 23.9 Å². The van der Waals surface area contributed by atoms with Crippen LogP contribution >= 0.6 is 24.0 Å². The van der Waals surface area contributed by atoms with Gasteiger partial charge in [-0.05, 0) is 97.1 Å². The second-order valence-electron chi connectivity index (χ2n) is 9.50. The van der Waals surface area contributed by atoms with Crippen LogP contribution in [0, 0.1) is 10.1 Å². The molecule has 1 saturated heterocycles. The quantitative estimate of drug-likeness (QED) is 0.114. The number of pyridine rings is 1. The zero-order chi connectivity index (χ0) is 29.2. The standard InChI is InChI=1S/C31H23N5O4S2/c37-30(38)20-6-8-21(9-7-20)34-19-3-5-27(34)29-28(26-4-1-2-18-32-26)33-31(41)35(29)22-10-14-24(15-11-22)42-25-16-12-23(13-17-25)36(39)40/h1-19,28-29H,(H,33,41)(H,37,38)/t28-,29-/m0/s1. The number of non-ortho nitro benzene ring substituents is 1. The van der Waals surface area contributed by atoms with Crippen LogP contribution in [-0.4, -0.2) is 30.7 Å². The Balaban J connectivity index is 1.35. The summed E-state index contributed by atoms with van der Waals surface area (Å²) in [4.78, 5) is 30.5. The molecule has 0 radical (unpaired) electrons. The second kappa shape index (κ2) is 11.5. The predicted molar refractivity (Wildman–Crippen MR) is 164 cm³/mol. The summed E-state index contributed by atoms with van der Waals surface area (Å²) in [7, 11) is 0. The first kappa shape index (κ1) is 27.2. The van der Waals surface area contributed by atoms with Gasteiger partial charge in [0.1, 0.15) is 6.04 Å². The van der Waals surface area contributed by atoms with E-state index in [0.29, 0.717) is 5.11 Å². The molecule has 2 atom stereocenters. The third-order valence-corrected chi connectivity index (χ3v) is 8.30. The molecule has 0 saturated carbocycles. The van der Waals surface area contributed by atoms with Gasteiger partial charge in [-0.3, -0.25) is 15.1 Å². The zero-order valence-electron chi connectivity index (χ0n) is 21.9. The van der Waals surface area contributed by atoms with Crippen LogP contribution in [0.25, 0.3) is 5.69 Å². The molecule has 0 amide bonds. The van der Waals surface area contributed by atoms with Crippen molar-refractivity contribution in [2.75, 3.05) is 4.90 Å². The number of nitrogens with zero attached hydrogens (tertiary/aromatic N) is 4. The van der Waals surface area contributed by atoms with Crippen molar-refractivity contribution in [3.63, 3.8) is 0 Å². The van der Waals surface area contributed by atoms with Gasteiger partial charge in [-0.2, -0.15) is 0 Å². The molecule has 5 aromatic rings. The predicted octanol–water partition coefficient (Wildman–Crippen LogP) is 6.81. The summed E-state index contributed by atoms with van der Waals surface area (Å²) >= 11 is 7.39. The monoisotopic (exact) mass is 593 g/mol. The normalized spacial score (nSPS) is 16.3. The lowest BCUT2D eigenvalue weighted by Gasteiger charge is -2.29. The number of nitrogens with one attached hydrogen (secondary N) is 1. The molecule has 208 valence electrons. The molecule has 3 aromatic carbocycles. The second-order valence-corrected chi connectivity index (χ2v) is 11.0. The minimum absolute atomic E-state index is 0.0563. The Morgan fingerprint density at radius 1 is 0.905 bits per heavy atom. The molecular weight excluding hydrogens is 571 g/mol. The van der Waals surface area contributed by atoms with Crippen molar-refractivity contribution >= 4 is 46.4 Å². The van der Waals surface area contributed by atoms with Gasteiger partial charge in [0.15, 0.2) is 5.11 Å². The van der Waals surface area contributed by atoms with E-state index >= 15 is 0 Å².